The van der Waals surface area contributed by atoms with Crippen LogP contribution in [0.25, 0.3) is 0 Å². The van der Waals surface area contributed by atoms with Crippen molar-refractivity contribution in [1.29, 1.82) is 10.5 Å². The van der Waals surface area contributed by atoms with Crippen molar-refractivity contribution in [1.82, 2.24) is 0 Å². The topological polar surface area (TPSA) is 102 Å². The van der Waals surface area contributed by atoms with Crippen LogP contribution in [0, 0.1) is 36.5 Å². The van der Waals surface area contributed by atoms with E-state index < -0.39 is 11.2 Å². The van der Waals surface area contributed by atoms with Crippen LogP contribution >= 0.6 is 11.6 Å². The summed E-state index contributed by atoms with van der Waals surface area (Å²) in [4.78, 5) is 21.1. The molecule has 0 fully saturated rings. The van der Waals surface area contributed by atoms with Crippen molar-refractivity contribution in [2.24, 2.45) is 0 Å². The summed E-state index contributed by atoms with van der Waals surface area (Å²) >= 11 is 5.25. The lowest BCUT2D eigenvalue weighted by molar-refractivity contribution is 0.0696. The van der Waals surface area contributed by atoms with E-state index in [4.69, 9.17) is 27.2 Å². The number of carbonyl (C=O) groups is 2. The van der Waals surface area contributed by atoms with E-state index in [1.54, 1.807) is 32.0 Å². The first kappa shape index (κ1) is 18.9. The predicted octanol–water partition coefficient (Wildman–Crippen LogP) is 3.81. The predicted molar refractivity (Wildman–Crippen MR) is 88.9 cm³/mol. The summed E-state index contributed by atoms with van der Waals surface area (Å²) in [5.74, 6) is -0.970. The second-order valence-electron chi connectivity index (χ2n) is 4.86. The number of nitrogens with zero attached hydrogens (tertiary/aromatic N) is 2. The fourth-order valence-corrected chi connectivity index (χ4v) is 1.95. The minimum Gasteiger partial charge on any atom is -0.478 e. The standard InChI is InChI=1S/C9H6ClNO.C9H7NO2/c1-6-4-7(9(10)12)2-3-8(6)5-11;1-6-4-7(9(11)12)2-3-8(6)5-10/h2-4H,1H3;2-4H,1H3,(H,11,12). The van der Waals surface area contributed by atoms with Gasteiger partial charge in [0.2, 0.25) is 0 Å². The van der Waals surface area contributed by atoms with E-state index in [1.807, 2.05) is 12.1 Å². The maximum Gasteiger partial charge on any atom is 0.335 e. The van der Waals surface area contributed by atoms with Crippen LogP contribution in [0.15, 0.2) is 36.4 Å². The fraction of sp³-hybridized carbons (Fsp3) is 0.111. The molecular formula is C18H13ClN2O3. The van der Waals surface area contributed by atoms with Gasteiger partial charge in [-0.1, -0.05) is 0 Å². The molecule has 2 aromatic carbocycles. The number of rotatable bonds is 2. The van der Waals surface area contributed by atoms with Gasteiger partial charge in [-0.3, -0.25) is 4.79 Å². The van der Waals surface area contributed by atoms with Crippen molar-refractivity contribution in [2.75, 3.05) is 0 Å². The highest BCUT2D eigenvalue weighted by Gasteiger charge is 2.04. The minimum absolute atomic E-state index is 0.214. The summed E-state index contributed by atoms with van der Waals surface area (Å²) in [6, 6.07) is 13.1. The van der Waals surface area contributed by atoms with Crippen LogP contribution < -0.4 is 0 Å². The molecule has 5 nitrogen and oxygen atoms in total. The molecule has 0 radical (unpaired) electrons. The van der Waals surface area contributed by atoms with Gasteiger partial charge in [0, 0.05) is 5.56 Å². The molecule has 0 spiro atoms. The average molecular weight is 341 g/mol. The van der Waals surface area contributed by atoms with Crippen molar-refractivity contribution in [2.45, 2.75) is 13.8 Å². The number of aromatic carboxylic acids is 1. The van der Waals surface area contributed by atoms with Gasteiger partial charge in [0.25, 0.3) is 5.24 Å². The lowest BCUT2D eigenvalue weighted by atomic mass is 10.1. The fourth-order valence-electron chi connectivity index (χ4n) is 1.83. The molecule has 0 aliphatic rings. The second-order valence-corrected chi connectivity index (χ2v) is 5.21. The van der Waals surface area contributed by atoms with E-state index in [0.717, 1.165) is 5.56 Å². The highest BCUT2D eigenvalue weighted by atomic mass is 35.5. The Kier molecular flexibility index (Phi) is 6.67. The highest BCUT2D eigenvalue weighted by Crippen LogP contribution is 2.11. The third-order valence-corrected chi connectivity index (χ3v) is 3.39. The molecule has 2 rings (SSSR count). The molecule has 0 saturated heterocycles. The smallest absolute Gasteiger partial charge is 0.335 e. The van der Waals surface area contributed by atoms with Crippen molar-refractivity contribution in [3.05, 3.63) is 69.8 Å². The summed E-state index contributed by atoms with van der Waals surface area (Å²) in [5, 5.41) is 25.2. The first-order valence-electron chi connectivity index (χ1n) is 6.74. The Bertz CT molecular complexity index is 803. The second kappa shape index (κ2) is 8.47. The molecule has 120 valence electrons. The van der Waals surface area contributed by atoms with Gasteiger partial charge in [-0.05, 0) is 73.0 Å². The van der Waals surface area contributed by atoms with Crippen LogP contribution in [0.5, 0.6) is 0 Å². The van der Waals surface area contributed by atoms with Gasteiger partial charge in [0.1, 0.15) is 0 Å². The Morgan fingerprint density at radius 3 is 1.67 bits per heavy atom. The van der Waals surface area contributed by atoms with Crippen LogP contribution in [-0.2, 0) is 0 Å². The molecule has 0 atom stereocenters. The third kappa shape index (κ3) is 4.95. The Morgan fingerprint density at radius 1 is 0.917 bits per heavy atom. The van der Waals surface area contributed by atoms with E-state index in [0.29, 0.717) is 22.3 Å². The normalized spacial score (nSPS) is 9.04. The Labute approximate surface area is 144 Å². The van der Waals surface area contributed by atoms with E-state index in [9.17, 15) is 9.59 Å². The number of aryl methyl sites for hydroxylation is 2. The minimum atomic E-state index is -0.970. The van der Waals surface area contributed by atoms with Gasteiger partial charge in [-0.15, -0.1) is 0 Å². The van der Waals surface area contributed by atoms with Crippen LogP contribution in [0.2, 0.25) is 0 Å². The van der Waals surface area contributed by atoms with Gasteiger partial charge in [-0.2, -0.15) is 10.5 Å². The van der Waals surface area contributed by atoms with Crippen molar-refractivity contribution < 1.29 is 14.7 Å². The Hall–Kier alpha value is -3.15. The molecule has 0 saturated carbocycles. The first-order chi connectivity index (χ1) is 11.3. The number of benzene rings is 2. The average Bonchev–Trinajstić information content (AvgIpc) is 2.55. The van der Waals surface area contributed by atoms with Crippen LogP contribution in [0.1, 0.15) is 43.0 Å². The van der Waals surface area contributed by atoms with Crippen LogP contribution in [-0.4, -0.2) is 16.3 Å². The van der Waals surface area contributed by atoms with E-state index in [1.165, 1.54) is 18.2 Å². The maximum absolute atomic E-state index is 10.7. The monoisotopic (exact) mass is 340 g/mol. The number of carbonyl (C=O) groups excluding carboxylic acids is 1. The Balaban J connectivity index is 0.000000240. The number of carboxylic acids is 1. The number of nitriles is 2. The van der Waals surface area contributed by atoms with Gasteiger partial charge >= 0.3 is 5.97 Å². The third-order valence-electron chi connectivity index (χ3n) is 3.17. The van der Waals surface area contributed by atoms with E-state index in [2.05, 4.69) is 0 Å². The number of hydrogen-bond acceptors (Lipinski definition) is 4. The molecule has 0 aromatic heterocycles. The molecule has 0 aliphatic carbocycles. The zero-order chi connectivity index (χ0) is 18.3. The lowest BCUT2D eigenvalue weighted by Crippen LogP contribution is -1.97. The number of carboxylic acid groups (broad SMARTS) is 1. The van der Waals surface area contributed by atoms with Gasteiger partial charge in [0.15, 0.2) is 0 Å². The lowest BCUT2D eigenvalue weighted by Gasteiger charge is -1.97. The van der Waals surface area contributed by atoms with Crippen molar-refractivity contribution in [3.8, 4) is 12.1 Å². The summed E-state index contributed by atoms with van der Waals surface area (Å²) < 4.78 is 0. The summed E-state index contributed by atoms with van der Waals surface area (Å²) in [6.07, 6.45) is 0. The van der Waals surface area contributed by atoms with E-state index in [-0.39, 0.29) is 5.56 Å². The maximum atomic E-state index is 10.7. The van der Waals surface area contributed by atoms with Crippen LogP contribution in [0.4, 0.5) is 0 Å². The summed E-state index contributed by atoms with van der Waals surface area (Å²) in [6.45, 7) is 3.48. The molecule has 0 heterocycles. The van der Waals surface area contributed by atoms with E-state index >= 15 is 0 Å². The summed E-state index contributed by atoms with van der Waals surface area (Å²) in [5.41, 5.74) is 3.18. The molecule has 0 unspecified atom stereocenters. The molecule has 6 heteroatoms. The molecule has 1 N–H and O–H groups in total. The molecule has 0 aliphatic heterocycles. The number of hydrogen-bond donors (Lipinski definition) is 1. The largest absolute Gasteiger partial charge is 0.478 e. The zero-order valence-electron chi connectivity index (χ0n) is 13.0. The molecule has 2 aromatic rings. The van der Waals surface area contributed by atoms with Gasteiger partial charge in [-0.25, -0.2) is 4.79 Å². The van der Waals surface area contributed by atoms with Crippen LogP contribution in [0.3, 0.4) is 0 Å². The molecule has 24 heavy (non-hydrogen) atoms. The van der Waals surface area contributed by atoms with Crippen molar-refractivity contribution in [3.63, 3.8) is 0 Å². The first-order valence-corrected chi connectivity index (χ1v) is 7.12. The van der Waals surface area contributed by atoms with Gasteiger partial charge < -0.3 is 5.11 Å². The zero-order valence-corrected chi connectivity index (χ0v) is 13.8. The van der Waals surface area contributed by atoms with Gasteiger partial charge in [0.05, 0.1) is 28.8 Å². The quantitative estimate of drug-likeness (QED) is 0.837. The SMILES string of the molecule is Cc1cc(C(=O)Cl)ccc1C#N.Cc1cc(C(=O)O)ccc1C#N. The number of halogens is 1. The molecule has 0 amide bonds. The highest BCUT2D eigenvalue weighted by molar-refractivity contribution is 6.67. The summed E-state index contributed by atoms with van der Waals surface area (Å²) in [7, 11) is 0. The molecular weight excluding hydrogens is 328 g/mol. The Morgan fingerprint density at radius 2 is 1.33 bits per heavy atom. The van der Waals surface area contributed by atoms with Crippen molar-refractivity contribution >= 4 is 22.8 Å². The molecule has 0 bridgehead atoms.